The number of anilines is 1. The second kappa shape index (κ2) is 7.85. The fourth-order valence-electron chi connectivity index (χ4n) is 1.49. The van der Waals surface area contributed by atoms with Crippen LogP contribution in [0, 0.1) is 5.92 Å². The van der Waals surface area contributed by atoms with E-state index < -0.39 is 11.7 Å². The number of halogens is 5. The minimum Gasteiger partial charge on any atom is -0.326 e. The number of rotatable bonds is 4. The number of nitrogens with one attached hydrogen (secondary N) is 2. The second-order valence-corrected chi connectivity index (χ2v) is 5.09. The molecule has 1 amide bonds. The topological polar surface area (TPSA) is 41.1 Å². The van der Waals surface area contributed by atoms with Gasteiger partial charge in [0.2, 0.25) is 5.91 Å². The van der Waals surface area contributed by atoms with Gasteiger partial charge < -0.3 is 10.6 Å². The van der Waals surface area contributed by atoms with Crippen LogP contribution in [0.15, 0.2) is 22.7 Å². The molecule has 0 fully saturated rings. The van der Waals surface area contributed by atoms with Crippen LogP contribution in [0.5, 0.6) is 0 Å². The highest BCUT2D eigenvalue weighted by atomic mass is 79.9. The van der Waals surface area contributed by atoms with Crippen LogP contribution in [-0.4, -0.2) is 19.5 Å². The van der Waals surface area contributed by atoms with Crippen molar-refractivity contribution < 1.29 is 18.0 Å². The molecular weight excluding hydrogens is 360 g/mol. The van der Waals surface area contributed by atoms with Crippen molar-refractivity contribution in [3.8, 4) is 0 Å². The Morgan fingerprint density at radius 1 is 1.35 bits per heavy atom. The van der Waals surface area contributed by atoms with E-state index in [1.165, 1.54) is 6.07 Å². The normalized spacial score (nSPS) is 12.5. The van der Waals surface area contributed by atoms with E-state index in [1.54, 1.807) is 14.0 Å². The van der Waals surface area contributed by atoms with Gasteiger partial charge in [0.15, 0.2) is 0 Å². The number of hydrogen-bond donors (Lipinski definition) is 2. The zero-order valence-corrected chi connectivity index (χ0v) is 13.2. The van der Waals surface area contributed by atoms with E-state index in [4.69, 9.17) is 0 Å². The Labute approximate surface area is 129 Å². The summed E-state index contributed by atoms with van der Waals surface area (Å²) < 4.78 is 38.1. The molecule has 0 aromatic heterocycles. The molecule has 0 spiro atoms. The lowest BCUT2D eigenvalue weighted by atomic mass is 10.1. The molecule has 20 heavy (non-hydrogen) atoms. The molecule has 0 saturated carbocycles. The fourth-order valence-corrected chi connectivity index (χ4v) is 1.98. The zero-order valence-electron chi connectivity index (χ0n) is 10.8. The Hall–Kier alpha value is -0.790. The Bertz CT molecular complexity index is 469. The molecule has 1 rings (SSSR count). The van der Waals surface area contributed by atoms with E-state index in [0.29, 0.717) is 6.54 Å². The molecule has 114 valence electrons. The molecule has 1 atom stereocenters. The van der Waals surface area contributed by atoms with Gasteiger partial charge >= 0.3 is 6.18 Å². The lowest BCUT2D eigenvalue weighted by Gasteiger charge is -2.14. The molecule has 0 radical (unpaired) electrons. The summed E-state index contributed by atoms with van der Waals surface area (Å²) >= 11 is 3.00. The van der Waals surface area contributed by atoms with Gasteiger partial charge in [-0.2, -0.15) is 13.2 Å². The van der Waals surface area contributed by atoms with Gasteiger partial charge in [0.25, 0.3) is 0 Å². The molecule has 0 heterocycles. The number of benzene rings is 1. The Kier molecular flexibility index (Phi) is 7.54. The van der Waals surface area contributed by atoms with Crippen molar-refractivity contribution in [2.24, 2.45) is 5.92 Å². The van der Waals surface area contributed by atoms with E-state index in [9.17, 15) is 18.0 Å². The summed E-state index contributed by atoms with van der Waals surface area (Å²) in [5, 5.41) is 5.30. The molecule has 0 saturated heterocycles. The van der Waals surface area contributed by atoms with Crippen LogP contribution in [0.3, 0.4) is 0 Å². The van der Waals surface area contributed by atoms with Gasteiger partial charge in [-0.3, -0.25) is 4.79 Å². The smallest absolute Gasteiger partial charge is 0.326 e. The minimum absolute atomic E-state index is 0. The van der Waals surface area contributed by atoms with E-state index in [0.717, 1.165) is 12.1 Å². The molecule has 1 aromatic rings. The van der Waals surface area contributed by atoms with Crippen molar-refractivity contribution in [2.75, 3.05) is 18.9 Å². The van der Waals surface area contributed by atoms with Crippen molar-refractivity contribution in [1.82, 2.24) is 5.32 Å². The van der Waals surface area contributed by atoms with Crippen molar-refractivity contribution in [2.45, 2.75) is 13.1 Å². The molecule has 0 aliphatic rings. The molecule has 0 bridgehead atoms. The number of alkyl halides is 3. The summed E-state index contributed by atoms with van der Waals surface area (Å²) in [5.41, 5.74) is -0.687. The third-order valence-electron chi connectivity index (χ3n) is 2.45. The van der Waals surface area contributed by atoms with Gasteiger partial charge in [-0.05, 0) is 25.2 Å². The van der Waals surface area contributed by atoms with Gasteiger partial charge in [-0.1, -0.05) is 22.9 Å². The number of hydrogen-bond acceptors (Lipinski definition) is 2. The van der Waals surface area contributed by atoms with Gasteiger partial charge in [-0.25, -0.2) is 0 Å². The predicted molar refractivity (Wildman–Crippen MR) is 78.1 cm³/mol. The van der Waals surface area contributed by atoms with Gasteiger partial charge in [0, 0.05) is 22.6 Å². The van der Waals surface area contributed by atoms with Crippen molar-refractivity contribution in [3.63, 3.8) is 0 Å². The van der Waals surface area contributed by atoms with Crippen molar-refractivity contribution in [3.05, 3.63) is 28.2 Å². The summed E-state index contributed by atoms with van der Waals surface area (Å²) in [6.07, 6.45) is -4.44. The lowest BCUT2D eigenvalue weighted by molar-refractivity contribution is -0.137. The van der Waals surface area contributed by atoms with E-state index >= 15 is 0 Å². The molecule has 1 unspecified atom stereocenters. The summed E-state index contributed by atoms with van der Waals surface area (Å²) in [4.78, 5) is 11.7. The zero-order chi connectivity index (χ0) is 14.6. The SMILES string of the molecule is CNCC(C)C(=O)Nc1cc(Br)cc(C(F)(F)F)c1.Cl. The third kappa shape index (κ3) is 5.68. The molecule has 0 aliphatic heterocycles. The Balaban J connectivity index is 0.00000361. The molecule has 2 N–H and O–H groups in total. The van der Waals surface area contributed by atoms with Crippen LogP contribution in [-0.2, 0) is 11.0 Å². The first kappa shape index (κ1) is 19.2. The van der Waals surface area contributed by atoms with Crippen LogP contribution in [0.1, 0.15) is 12.5 Å². The summed E-state index contributed by atoms with van der Waals surface area (Å²) in [6, 6.07) is 3.31. The molecule has 1 aromatic carbocycles. The van der Waals surface area contributed by atoms with Crippen molar-refractivity contribution >= 4 is 39.9 Å². The first-order valence-corrected chi connectivity index (χ1v) is 6.36. The van der Waals surface area contributed by atoms with Gasteiger partial charge in [-0.15, -0.1) is 12.4 Å². The van der Waals surface area contributed by atoms with Crippen LogP contribution in [0.4, 0.5) is 18.9 Å². The van der Waals surface area contributed by atoms with Crippen LogP contribution >= 0.6 is 28.3 Å². The van der Waals surface area contributed by atoms with E-state index in [1.807, 2.05) is 0 Å². The number of carbonyl (C=O) groups excluding carboxylic acids is 1. The summed E-state index contributed by atoms with van der Waals surface area (Å²) in [7, 11) is 1.70. The minimum atomic E-state index is -4.44. The number of amides is 1. The van der Waals surface area contributed by atoms with Gasteiger partial charge in [0.1, 0.15) is 0 Å². The highest BCUT2D eigenvalue weighted by Gasteiger charge is 2.31. The summed E-state index contributed by atoms with van der Waals surface area (Å²) in [6.45, 7) is 2.14. The first-order valence-electron chi connectivity index (χ1n) is 5.57. The molecule has 0 aliphatic carbocycles. The van der Waals surface area contributed by atoms with E-state index in [2.05, 4.69) is 26.6 Å². The largest absolute Gasteiger partial charge is 0.416 e. The fraction of sp³-hybridized carbons (Fsp3) is 0.417. The highest BCUT2D eigenvalue weighted by molar-refractivity contribution is 9.10. The quantitative estimate of drug-likeness (QED) is 0.843. The monoisotopic (exact) mass is 374 g/mol. The average Bonchev–Trinajstić information content (AvgIpc) is 2.27. The van der Waals surface area contributed by atoms with Crippen LogP contribution in [0.25, 0.3) is 0 Å². The first-order chi connectivity index (χ1) is 8.74. The lowest BCUT2D eigenvalue weighted by Crippen LogP contribution is -2.28. The standard InChI is InChI=1S/C12H14BrF3N2O.ClH/c1-7(6-17-2)11(19)18-10-4-8(12(14,15)16)3-9(13)5-10;/h3-5,7,17H,6H2,1-2H3,(H,18,19);1H. The van der Waals surface area contributed by atoms with Crippen molar-refractivity contribution in [1.29, 1.82) is 0 Å². The van der Waals surface area contributed by atoms with Gasteiger partial charge in [0.05, 0.1) is 5.56 Å². The predicted octanol–water partition coefficient (Wildman–Crippen LogP) is 3.68. The van der Waals surface area contributed by atoms with E-state index in [-0.39, 0.29) is 34.4 Å². The second-order valence-electron chi connectivity index (χ2n) is 4.17. The maximum atomic E-state index is 12.6. The van der Waals surface area contributed by atoms with Crippen LogP contribution in [0.2, 0.25) is 0 Å². The molecule has 3 nitrogen and oxygen atoms in total. The maximum Gasteiger partial charge on any atom is 0.416 e. The average molecular weight is 376 g/mol. The maximum absolute atomic E-state index is 12.6. The number of carbonyl (C=O) groups is 1. The Morgan fingerprint density at radius 2 is 1.95 bits per heavy atom. The highest BCUT2D eigenvalue weighted by Crippen LogP contribution is 2.33. The summed E-state index contributed by atoms with van der Waals surface area (Å²) in [5.74, 6) is -0.668. The molecule has 8 heteroatoms. The third-order valence-corrected chi connectivity index (χ3v) is 2.91. The molecular formula is C12H15BrClF3N2O. The van der Waals surface area contributed by atoms with Crippen LogP contribution < -0.4 is 10.6 Å². The Morgan fingerprint density at radius 3 is 2.45 bits per heavy atom.